The van der Waals surface area contributed by atoms with Gasteiger partial charge in [-0.1, -0.05) is 18.2 Å². The number of piperidine rings is 2. The van der Waals surface area contributed by atoms with Crippen molar-refractivity contribution in [1.82, 2.24) is 14.8 Å². The molecule has 2 aromatic rings. The summed E-state index contributed by atoms with van der Waals surface area (Å²) in [6.07, 6.45) is 5.73. The van der Waals surface area contributed by atoms with Gasteiger partial charge in [0.2, 0.25) is 5.91 Å². The molecule has 1 aromatic heterocycles. The van der Waals surface area contributed by atoms with E-state index in [9.17, 15) is 4.79 Å². The summed E-state index contributed by atoms with van der Waals surface area (Å²) in [5.74, 6) is 0.260. The van der Waals surface area contributed by atoms with E-state index in [1.807, 2.05) is 35.2 Å². The molecule has 0 N–H and O–H groups in total. The molecule has 0 bridgehead atoms. The molecule has 2 saturated heterocycles. The van der Waals surface area contributed by atoms with E-state index in [-0.39, 0.29) is 11.3 Å². The highest BCUT2D eigenvalue weighted by Gasteiger charge is 2.40. The van der Waals surface area contributed by atoms with E-state index in [2.05, 4.69) is 28.1 Å². The van der Waals surface area contributed by atoms with Crippen LogP contribution in [0.4, 0.5) is 0 Å². The first kappa shape index (κ1) is 18.6. The van der Waals surface area contributed by atoms with Crippen molar-refractivity contribution in [3.63, 3.8) is 0 Å². The maximum Gasteiger partial charge on any atom is 0.222 e. The molecule has 4 rings (SSSR count). The summed E-state index contributed by atoms with van der Waals surface area (Å²) in [6, 6.07) is 15.9. The molecular formula is C23H26N4O. The smallest absolute Gasteiger partial charge is 0.222 e. The first-order valence-corrected chi connectivity index (χ1v) is 10.0. The summed E-state index contributed by atoms with van der Waals surface area (Å²) in [5.41, 5.74) is 3.18. The van der Waals surface area contributed by atoms with Crippen molar-refractivity contribution in [2.75, 3.05) is 19.6 Å². The Morgan fingerprint density at radius 1 is 1.04 bits per heavy atom. The zero-order valence-electron chi connectivity index (χ0n) is 16.2. The summed E-state index contributed by atoms with van der Waals surface area (Å²) < 4.78 is 0. The Morgan fingerprint density at radius 2 is 1.82 bits per heavy atom. The molecule has 1 spiro atoms. The van der Waals surface area contributed by atoms with E-state index >= 15 is 0 Å². The zero-order valence-corrected chi connectivity index (χ0v) is 16.2. The van der Waals surface area contributed by atoms with E-state index in [1.165, 1.54) is 5.56 Å². The van der Waals surface area contributed by atoms with Crippen molar-refractivity contribution in [2.24, 2.45) is 5.41 Å². The van der Waals surface area contributed by atoms with E-state index in [0.717, 1.165) is 51.1 Å². The Morgan fingerprint density at radius 3 is 2.50 bits per heavy atom. The summed E-state index contributed by atoms with van der Waals surface area (Å²) in [6.45, 7) is 4.53. The van der Waals surface area contributed by atoms with Crippen LogP contribution in [0.15, 0.2) is 48.7 Å². The van der Waals surface area contributed by atoms with Gasteiger partial charge in [-0.2, -0.15) is 5.26 Å². The van der Waals surface area contributed by atoms with Crippen molar-refractivity contribution in [2.45, 2.75) is 38.8 Å². The molecule has 144 valence electrons. The predicted molar refractivity (Wildman–Crippen MR) is 107 cm³/mol. The number of benzene rings is 1. The number of pyridine rings is 1. The number of carbonyl (C=O) groups is 1. The molecule has 5 heteroatoms. The van der Waals surface area contributed by atoms with E-state index in [1.54, 1.807) is 6.20 Å². The van der Waals surface area contributed by atoms with Crippen LogP contribution >= 0.6 is 0 Å². The lowest BCUT2D eigenvalue weighted by Crippen LogP contribution is -2.51. The topological polar surface area (TPSA) is 60.2 Å². The van der Waals surface area contributed by atoms with E-state index < -0.39 is 0 Å². The van der Waals surface area contributed by atoms with Gasteiger partial charge < -0.3 is 4.90 Å². The monoisotopic (exact) mass is 374 g/mol. The Balaban J connectivity index is 1.34. The third-order valence-corrected chi connectivity index (χ3v) is 6.23. The number of rotatable bonds is 4. The fourth-order valence-corrected chi connectivity index (χ4v) is 4.47. The molecule has 0 radical (unpaired) electrons. The van der Waals surface area contributed by atoms with Gasteiger partial charge in [0.25, 0.3) is 0 Å². The highest BCUT2D eigenvalue weighted by atomic mass is 16.2. The van der Waals surface area contributed by atoms with Crippen LogP contribution in [0, 0.1) is 16.7 Å². The van der Waals surface area contributed by atoms with Crippen LogP contribution < -0.4 is 0 Å². The number of hydrogen-bond donors (Lipinski definition) is 0. The third kappa shape index (κ3) is 4.23. The second kappa shape index (κ2) is 8.12. The third-order valence-electron chi connectivity index (χ3n) is 6.23. The molecule has 2 fully saturated rings. The minimum absolute atomic E-state index is 0.254. The lowest BCUT2D eigenvalue weighted by atomic mass is 9.72. The van der Waals surface area contributed by atoms with Crippen molar-refractivity contribution in [3.05, 3.63) is 65.5 Å². The van der Waals surface area contributed by atoms with Crippen molar-refractivity contribution in [3.8, 4) is 6.07 Å². The molecule has 0 atom stereocenters. The molecule has 0 unspecified atom stereocenters. The molecule has 2 aliphatic heterocycles. The van der Waals surface area contributed by atoms with Gasteiger partial charge in [-0.3, -0.25) is 14.7 Å². The summed E-state index contributed by atoms with van der Waals surface area (Å²) in [7, 11) is 0. The molecule has 3 heterocycles. The average molecular weight is 374 g/mol. The quantitative estimate of drug-likeness (QED) is 0.823. The van der Waals surface area contributed by atoms with Gasteiger partial charge in [0.05, 0.1) is 23.9 Å². The highest BCUT2D eigenvalue weighted by Crippen LogP contribution is 2.40. The van der Waals surface area contributed by atoms with Crippen molar-refractivity contribution < 1.29 is 4.79 Å². The standard InChI is InChI=1S/C23H26N4O/c24-15-19-4-6-20(7-5-19)16-26-13-10-23(11-14-26)9-8-22(28)27(18-23)17-21-3-1-2-12-25-21/h1-7,12H,8-11,13-14,16-18H2. The number of hydrogen-bond acceptors (Lipinski definition) is 4. The van der Waals surface area contributed by atoms with Crippen LogP contribution in [0.5, 0.6) is 0 Å². The lowest BCUT2D eigenvalue weighted by Gasteiger charge is -2.47. The maximum atomic E-state index is 12.4. The van der Waals surface area contributed by atoms with Gasteiger partial charge in [0.1, 0.15) is 0 Å². The van der Waals surface area contributed by atoms with Gasteiger partial charge in [-0.25, -0.2) is 0 Å². The molecular weight excluding hydrogens is 348 g/mol. The fraction of sp³-hybridized carbons (Fsp3) is 0.435. The Kier molecular flexibility index (Phi) is 5.40. The van der Waals surface area contributed by atoms with Crippen LogP contribution in [0.2, 0.25) is 0 Å². The molecule has 2 aliphatic rings. The van der Waals surface area contributed by atoms with Gasteiger partial charge in [0, 0.05) is 25.7 Å². The number of nitrogens with zero attached hydrogens (tertiary/aromatic N) is 4. The van der Waals surface area contributed by atoms with Crippen LogP contribution in [0.1, 0.15) is 42.5 Å². The fourth-order valence-electron chi connectivity index (χ4n) is 4.47. The van der Waals surface area contributed by atoms with Crippen LogP contribution in [0.3, 0.4) is 0 Å². The summed E-state index contributed by atoms with van der Waals surface area (Å²) in [4.78, 5) is 21.3. The van der Waals surface area contributed by atoms with Gasteiger partial charge in [0.15, 0.2) is 0 Å². The molecule has 1 amide bonds. The Bertz CT molecular complexity index is 848. The number of aromatic nitrogens is 1. The minimum Gasteiger partial charge on any atom is -0.336 e. The molecule has 0 saturated carbocycles. The molecule has 0 aliphatic carbocycles. The zero-order chi connectivity index (χ0) is 19.4. The average Bonchev–Trinajstić information content (AvgIpc) is 2.74. The van der Waals surface area contributed by atoms with E-state index in [0.29, 0.717) is 18.5 Å². The largest absolute Gasteiger partial charge is 0.336 e. The predicted octanol–water partition coefficient (Wildman–Crippen LogP) is 3.36. The Labute approximate surface area is 166 Å². The van der Waals surface area contributed by atoms with Crippen molar-refractivity contribution in [1.29, 1.82) is 5.26 Å². The number of nitriles is 1. The number of carbonyl (C=O) groups excluding carboxylic acids is 1. The second-order valence-corrected chi connectivity index (χ2v) is 8.16. The minimum atomic E-state index is 0.254. The van der Waals surface area contributed by atoms with Crippen LogP contribution in [0.25, 0.3) is 0 Å². The highest BCUT2D eigenvalue weighted by molar-refractivity contribution is 5.77. The lowest BCUT2D eigenvalue weighted by molar-refractivity contribution is -0.140. The first-order valence-electron chi connectivity index (χ1n) is 10.0. The second-order valence-electron chi connectivity index (χ2n) is 8.16. The van der Waals surface area contributed by atoms with Crippen LogP contribution in [-0.2, 0) is 17.9 Å². The summed E-state index contributed by atoms with van der Waals surface area (Å²) >= 11 is 0. The summed E-state index contributed by atoms with van der Waals surface area (Å²) in [5, 5.41) is 8.93. The Hall–Kier alpha value is -2.71. The maximum absolute atomic E-state index is 12.4. The first-order chi connectivity index (χ1) is 13.7. The van der Waals surface area contributed by atoms with Gasteiger partial charge in [-0.15, -0.1) is 0 Å². The normalized spacial score (nSPS) is 19.5. The number of amides is 1. The SMILES string of the molecule is N#Cc1ccc(CN2CCC3(CCC(=O)N(Cc4ccccn4)C3)CC2)cc1. The van der Waals surface area contributed by atoms with Gasteiger partial charge >= 0.3 is 0 Å². The molecule has 1 aromatic carbocycles. The number of likely N-dealkylation sites (tertiary alicyclic amines) is 2. The van der Waals surface area contributed by atoms with Gasteiger partial charge in [-0.05, 0) is 67.6 Å². The van der Waals surface area contributed by atoms with E-state index in [4.69, 9.17) is 5.26 Å². The molecule has 28 heavy (non-hydrogen) atoms. The van der Waals surface area contributed by atoms with Crippen LogP contribution in [-0.4, -0.2) is 40.3 Å². The van der Waals surface area contributed by atoms with Crippen molar-refractivity contribution >= 4 is 5.91 Å². The molecule has 5 nitrogen and oxygen atoms in total.